The van der Waals surface area contributed by atoms with Crippen molar-refractivity contribution in [1.29, 1.82) is 0 Å². The van der Waals surface area contributed by atoms with Crippen molar-refractivity contribution >= 4 is 44.2 Å². The van der Waals surface area contributed by atoms with E-state index in [1.807, 2.05) is 36.4 Å². The highest BCUT2D eigenvalue weighted by atomic mass is 79.9. The molecule has 1 amide bonds. The molecule has 0 saturated carbocycles. The van der Waals surface area contributed by atoms with E-state index in [1.165, 1.54) is 0 Å². The molecule has 1 aliphatic heterocycles. The highest BCUT2D eigenvalue weighted by Crippen LogP contribution is 2.26. The fourth-order valence-electron chi connectivity index (χ4n) is 4.15. The van der Waals surface area contributed by atoms with Gasteiger partial charge in [-0.3, -0.25) is 14.6 Å². The number of aromatic amines is 1. The van der Waals surface area contributed by atoms with Gasteiger partial charge in [0.2, 0.25) is 0 Å². The Morgan fingerprint density at radius 1 is 0.971 bits per heavy atom. The zero-order valence-corrected chi connectivity index (χ0v) is 20.3. The number of hydrogen-bond donors (Lipinski definition) is 2. The second kappa shape index (κ2) is 9.89. The van der Waals surface area contributed by atoms with Gasteiger partial charge in [-0.1, -0.05) is 28.1 Å². The number of ether oxygens (including phenoxy) is 1. The van der Waals surface area contributed by atoms with Crippen molar-refractivity contribution in [3.05, 3.63) is 103 Å². The molecule has 2 heterocycles. The summed E-state index contributed by atoms with van der Waals surface area (Å²) in [6.45, 7) is 3.16. The molecule has 1 saturated heterocycles. The Labute approximate surface area is 208 Å². The number of fused-ring (bicyclic) bond motifs is 1. The predicted octanol–water partition coefficient (Wildman–Crippen LogP) is 3.92. The topological polar surface area (TPSA) is 105 Å². The molecule has 0 radical (unpaired) electrons. The smallest absolute Gasteiger partial charge is 0.409 e. The molecular weight excluding hydrogens is 514 g/mol. The van der Waals surface area contributed by atoms with Crippen LogP contribution in [0.1, 0.15) is 21.5 Å². The van der Waals surface area contributed by atoms with Crippen LogP contribution in [0.15, 0.2) is 79.1 Å². The van der Waals surface area contributed by atoms with E-state index in [-0.39, 0.29) is 11.5 Å². The first-order valence-electron chi connectivity index (χ1n) is 11.2. The molecule has 178 valence electrons. The van der Waals surface area contributed by atoms with E-state index in [0.717, 1.165) is 47.7 Å². The van der Waals surface area contributed by atoms with Crippen molar-refractivity contribution in [1.82, 2.24) is 4.98 Å². The Hall–Kier alpha value is -3.69. The molecular formula is C26H22BrN3O5. The number of benzene rings is 3. The molecule has 0 unspecified atom stereocenters. The van der Waals surface area contributed by atoms with Crippen LogP contribution in [0.2, 0.25) is 0 Å². The molecule has 0 atom stereocenters. The second-order valence-corrected chi connectivity index (χ2v) is 9.07. The molecule has 0 spiro atoms. The van der Waals surface area contributed by atoms with Crippen molar-refractivity contribution in [3.8, 4) is 0 Å². The van der Waals surface area contributed by atoms with Crippen LogP contribution >= 0.6 is 15.9 Å². The molecule has 8 nitrogen and oxygen atoms in total. The zero-order chi connectivity index (χ0) is 24.4. The van der Waals surface area contributed by atoms with Gasteiger partial charge in [0.1, 0.15) is 5.58 Å². The number of amides is 1. The molecule has 2 N–H and O–H groups in total. The molecule has 0 aliphatic carbocycles. The fraction of sp³-hybridized carbons (Fsp3) is 0.192. The number of rotatable bonds is 5. The number of morpholine rings is 1. The maximum atomic E-state index is 12.7. The number of carbonyl (C=O) groups is 1. The van der Waals surface area contributed by atoms with Crippen LogP contribution in [0, 0.1) is 0 Å². The number of anilines is 2. The largest absolute Gasteiger partial charge is 0.419 e. The lowest BCUT2D eigenvalue weighted by atomic mass is 10.0. The van der Waals surface area contributed by atoms with Gasteiger partial charge in [-0.15, -0.1) is 0 Å². The number of aromatic nitrogens is 1. The summed E-state index contributed by atoms with van der Waals surface area (Å²) >= 11 is 3.49. The summed E-state index contributed by atoms with van der Waals surface area (Å²) in [6.07, 6.45) is 0.416. The number of nitrogens with zero attached hydrogens (tertiary/aromatic N) is 1. The van der Waals surface area contributed by atoms with Crippen LogP contribution in [0.4, 0.5) is 11.4 Å². The Kier molecular flexibility index (Phi) is 6.52. The average molecular weight is 536 g/mol. The summed E-state index contributed by atoms with van der Waals surface area (Å²) < 4.78 is 11.3. The van der Waals surface area contributed by atoms with Gasteiger partial charge in [0, 0.05) is 34.5 Å². The van der Waals surface area contributed by atoms with Crippen LogP contribution in [-0.2, 0) is 11.2 Å². The Morgan fingerprint density at radius 2 is 1.69 bits per heavy atom. The zero-order valence-electron chi connectivity index (χ0n) is 18.7. The summed E-state index contributed by atoms with van der Waals surface area (Å²) in [5.74, 6) is -0.998. The van der Waals surface area contributed by atoms with Gasteiger partial charge in [-0.25, -0.2) is 4.79 Å². The van der Waals surface area contributed by atoms with E-state index in [2.05, 4.69) is 31.1 Å². The van der Waals surface area contributed by atoms with Crippen LogP contribution < -0.4 is 21.5 Å². The molecule has 0 bridgehead atoms. The van der Waals surface area contributed by atoms with Crippen molar-refractivity contribution in [2.45, 2.75) is 6.42 Å². The van der Waals surface area contributed by atoms with E-state index in [4.69, 9.17) is 9.15 Å². The molecule has 1 aromatic heterocycles. The number of carbonyl (C=O) groups excluding carboxylic acids is 1. The van der Waals surface area contributed by atoms with Crippen molar-refractivity contribution < 1.29 is 13.9 Å². The van der Waals surface area contributed by atoms with Gasteiger partial charge in [0.25, 0.3) is 11.5 Å². The van der Waals surface area contributed by atoms with Crippen LogP contribution in [0.25, 0.3) is 11.0 Å². The lowest BCUT2D eigenvalue weighted by Crippen LogP contribution is -2.36. The van der Waals surface area contributed by atoms with Gasteiger partial charge in [-0.05, 0) is 66.1 Å². The molecule has 35 heavy (non-hydrogen) atoms. The second-order valence-electron chi connectivity index (χ2n) is 8.22. The highest BCUT2D eigenvalue weighted by molar-refractivity contribution is 9.10. The lowest BCUT2D eigenvalue weighted by molar-refractivity contribution is 0.102. The van der Waals surface area contributed by atoms with Crippen molar-refractivity contribution in [2.24, 2.45) is 0 Å². The first-order chi connectivity index (χ1) is 17.0. The minimum Gasteiger partial charge on any atom is -0.409 e. The SMILES string of the molecule is O=C(Nc1ccc(N2CCOCC2)cc1)c1ccc(Cc2c(Br)ccc3oc(=O)[nH]c(=O)c23)cc1. The third-order valence-electron chi connectivity index (χ3n) is 5.96. The summed E-state index contributed by atoms with van der Waals surface area (Å²) in [5.41, 5.74) is 3.67. The maximum absolute atomic E-state index is 12.7. The number of H-pyrrole nitrogens is 1. The highest BCUT2D eigenvalue weighted by Gasteiger charge is 2.14. The quantitative estimate of drug-likeness (QED) is 0.401. The summed E-state index contributed by atoms with van der Waals surface area (Å²) in [7, 11) is 0. The summed E-state index contributed by atoms with van der Waals surface area (Å²) in [4.78, 5) is 41.1. The fourth-order valence-corrected chi connectivity index (χ4v) is 4.62. The third kappa shape index (κ3) is 5.06. The van der Waals surface area contributed by atoms with Gasteiger partial charge in [-0.2, -0.15) is 0 Å². The first kappa shape index (κ1) is 23.1. The summed E-state index contributed by atoms with van der Waals surface area (Å²) in [5, 5.41) is 3.25. The predicted molar refractivity (Wildman–Crippen MR) is 137 cm³/mol. The minimum atomic E-state index is -0.790. The van der Waals surface area contributed by atoms with Gasteiger partial charge in [0.15, 0.2) is 0 Å². The van der Waals surface area contributed by atoms with Crippen molar-refractivity contribution in [2.75, 3.05) is 36.5 Å². The normalized spacial score (nSPS) is 13.7. The van der Waals surface area contributed by atoms with E-state index in [0.29, 0.717) is 22.9 Å². The lowest BCUT2D eigenvalue weighted by Gasteiger charge is -2.28. The summed E-state index contributed by atoms with van der Waals surface area (Å²) in [6, 6.07) is 18.3. The van der Waals surface area contributed by atoms with E-state index in [1.54, 1.807) is 24.3 Å². The molecule has 3 aromatic carbocycles. The molecule has 1 aliphatic rings. The van der Waals surface area contributed by atoms with Crippen LogP contribution in [0.5, 0.6) is 0 Å². The van der Waals surface area contributed by atoms with E-state index < -0.39 is 11.3 Å². The Balaban J connectivity index is 1.30. The van der Waals surface area contributed by atoms with Crippen LogP contribution in [-0.4, -0.2) is 37.2 Å². The number of halogens is 1. The third-order valence-corrected chi connectivity index (χ3v) is 6.70. The standard InChI is InChI=1S/C26H22BrN3O5/c27-21-9-10-22-23(25(32)29-26(33)35-22)20(21)15-16-1-3-17(4-2-16)24(31)28-18-5-7-19(8-6-18)30-11-13-34-14-12-30/h1-10H,11-15H2,(H,28,31)(H,29,32,33). The Bertz CT molecular complexity index is 1490. The van der Waals surface area contributed by atoms with Crippen LogP contribution in [0.3, 0.4) is 0 Å². The number of nitrogens with one attached hydrogen (secondary N) is 2. The first-order valence-corrected chi connectivity index (χ1v) is 11.9. The van der Waals surface area contributed by atoms with Gasteiger partial charge >= 0.3 is 5.76 Å². The molecule has 5 rings (SSSR count). The monoisotopic (exact) mass is 535 g/mol. The molecule has 4 aromatic rings. The molecule has 9 heteroatoms. The number of hydrogen-bond acceptors (Lipinski definition) is 6. The van der Waals surface area contributed by atoms with E-state index >= 15 is 0 Å². The maximum Gasteiger partial charge on any atom is 0.419 e. The van der Waals surface area contributed by atoms with Gasteiger partial charge < -0.3 is 19.4 Å². The minimum absolute atomic E-state index is 0.208. The van der Waals surface area contributed by atoms with E-state index in [9.17, 15) is 14.4 Å². The average Bonchev–Trinajstić information content (AvgIpc) is 2.87. The van der Waals surface area contributed by atoms with Gasteiger partial charge in [0.05, 0.1) is 18.6 Å². The Morgan fingerprint density at radius 3 is 2.40 bits per heavy atom. The molecule has 1 fully saturated rings. The van der Waals surface area contributed by atoms with Crippen molar-refractivity contribution in [3.63, 3.8) is 0 Å².